The van der Waals surface area contributed by atoms with Crippen molar-refractivity contribution in [2.45, 2.75) is 30.7 Å². The molecule has 0 aliphatic heterocycles. The van der Waals surface area contributed by atoms with E-state index < -0.39 is 0 Å². The molecule has 1 aromatic carbocycles. The van der Waals surface area contributed by atoms with Gasteiger partial charge in [0, 0.05) is 22.5 Å². The Morgan fingerprint density at radius 2 is 2.18 bits per heavy atom. The molecule has 0 radical (unpaired) electrons. The van der Waals surface area contributed by atoms with E-state index in [1.807, 2.05) is 28.7 Å². The number of benzene rings is 1. The van der Waals surface area contributed by atoms with E-state index in [2.05, 4.69) is 22.1 Å². The van der Waals surface area contributed by atoms with Crippen molar-refractivity contribution < 1.29 is 0 Å². The van der Waals surface area contributed by atoms with Gasteiger partial charge in [-0.1, -0.05) is 48.8 Å². The number of nitrogens with one attached hydrogen (secondary N) is 1. The van der Waals surface area contributed by atoms with Gasteiger partial charge in [-0.05, 0) is 24.1 Å². The number of hydrogen-bond acceptors (Lipinski definition) is 4. The quantitative estimate of drug-likeness (QED) is 0.727. The minimum atomic E-state index is -0.144. The molecule has 5 nitrogen and oxygen atoms in total. The van der Waals surface area contributed by atoms with E-state index in [-0.39, 0.29) is 5.56 Å². The van der Waals surface area contributed by atoms with E-state index in [4.69, 9.17) is 11.6 Å². The molecule has 2 heterocycles. The van der Waals surface area contributed by atoms with Gasteiger partial charge in [-0.3, -0.25) is 14.2 Å². The molecular formula is C15H15ClN4OS. The molecule has 0 atom stereocenters. The summed E-state index contributed by atoms with van der Waals surface area (Å²) >= 11 is 7.58. The first kappa shape index (κ1) is 15.1. The molecule has 2 aromatic heterocycles. The van der Waals surface area contributed by atoms with Crippen LogP contribution in [0, 0.1) is 0 Å². The molecule has 3 aromatic rings. The molecule has 114 valence electrons. The Hall–Kier alpha value is -1.79. The van der Waals surface area contributed by atoms with Crippen molar-refractivity contribution in [2.75, 3.05) is 0 Å². The molecule has 7 heteroatoms. The lowest BCUT2D eigenvalue weighted by Crippen LogP contribution is -2.11. The predicted molar refractivity (Wildman–Crippen MR) is 88.6 cm³/mol. The lowest BCUT2D eigenvalue weighted by atomic mass is 10.2. The minimum Gasteiger partial charge on any atom is -0.291 e. The number of aromatic amines is 1. The highest BCUT2D eigenvalue weighted by atomic mass is 35.5. The van der Waals surface area contributed by atoms with Crippen molar-refractivity contribution in [3.63, 3.8) is 0 Å². The number of fused-ring (bicyclic) bond motifs is 1. The first-order chi connectivity index (χ1) is 10.7. The monoisotopic (exact) mass is 334 g/mol. The highest BCUT2D eigenvalue weighted by Gasteiger charge is 2.11. The van der Waals surface area contributed by atoms with Crippen molar-refractivity contribution in [3.05, 3.63) is 57.0 Å². The normalized spacial score (nSPS) is 11.2. The van der Waals surface area contributed by atoms with E-state index in [1.165, 1.54) is 0 Å². The highest BCUT2D eigenvalue weighted by Crippen LogP contribution is 2.23. The van der Waals surface area contributed by atoms with Crippen LogP contribution < -0.4 is 5.56 Å². The summed E-state index contributed by atoms with van der Waals surface area (Å²) in [6, 6.07) is 9.36. The molecule has 0 saturated carbocycles. The number of H-pyrrole nitrogens is 1. The van der Waals surface area contributed by atoms with Crippen molar-refractivity contribution in [1.82, 2.24) is 19.6 Å². The maximum absolute atomic E-state index is 11.6. The van der Waals surface area contributed by atoms with Crippen molar-refractivity contribution >= 4 is 29.1 Å². The fourth-order valence-corrected chi connectivity index (χ4v) is 3.40. The topological polar surface area (TPSA) is 63.0 Å². The smallest absolute Gasteiger partial charge is 0.252 e. The molecule has 1 N–H and O–H groups in total. The largest absolute Gasteiger partial charge is 0.291 e. The summed E-state index contributed by atoms with van der Waals surface area (Å²) in [4.78, 5) is 14.4. The second-order valence-corrected chi connectivity index (χ2v) is 6.31. The number of rotatable bonds is 5. The lowest BCUT2D eigenvalue weighted by Gasteiger charge is -2.06. The zero-order valence-corrected chi connectivity index (χ0v) is 13.6. The van der Waals surface area contributed by atoms with Gasteiger partial charge in [0.1, 0.15) is 0 Å². The van der Waals surface area contributed by atoms with Gasteiger partial charge in [0.2, 0.25) is 5.78 Å². The maximum atomic E-state index is 11.6. The van der Waals surface area contributed by atoms with Crippen molar-refractivity contribution in [2.24, 2.45) is 0 Å². The Balaban J connectivity index is 1.92. The van der Waals surface area contributed by atoms with E-state index in [9.17, 15) is 4.79 Å². The minimum absolute atomic E-state index is 0.144. The third-order valence-corrected chi connectivity index (χ3v) is 4.45. The van der Waals surface area contributed by atoms with Crippen molar-refractivity contribution in [3.8, 4) is 0 Å². The van der Waals surface area contributed by atoms with Crippen LogP contribution in [0.5, 0.6) is 0 Å². The Kier molecular flexibility index (Phi) is 4.49. The average Bonchev–Trinajstić information content (AvgIpc) is 2.88. The number of aryl methyl sites for hydroxylation is 1. The van der Waals surface area contributed by atoms with E-state index >= 15 is 0 Å². The molecule has 0 spiro atoms. The van der Waals surface area contributed by atoms with Crippen LogP contribution in [0.25, 0.3) is 5.78 Å². The molecular weight excluding hydrogens is 320 g/mol. The molecule has 3 rings (SSSR count). The SMILES string of the molecule is CCCc1cc(=O)[nH]c2nnc(SCc3cccc(Cl)c3)n12. The molecule has 0 fully saturated rings. The fraction of sp³-hybridized carbons (Fsp3) is 0.267. The molecule has 0 saturated heterocycles. The number of nitrogens with zero attached hydrogens (tertiary/aromatic N) is 3. The van der Waals surface area contributed by atoms with E-state index in [0.29, 0.717) is 5.78 Å². The first-order valence-corrected chi connectivity index (χ1v) is 8.38. The van der Waals surface area contributed by atoms with Gasteiger partial charge in [0.15, 0.2) is 5.16 Å². The molecule has 0 bridgehead atoms. The van der Waals surface area contributed by atoms with E-state index in [1.54, 1.807) is 17.8 Å². The van der Waals surface area contributed by atoms with Gasteiger partial charge >= 0.3 is 0 Å². The number of halogens is 1. The zero-order chi connectivity index (χ0) is 15.5. The molecule has 22 heavy (non-hydrogen) atoms. The van der Waals surface area contributed by atoms with Crippen LogP contribution in [-0.2, 0) is 12.2 Å². The van der Waals surface area contributed by atoms with Gasteiger partial charge in [0.05, 0.1) is 0 Å². The number of hydrogen-bond donors (Lipinski definition) is 1. The van der Waals surface area contributed by atoms with Crippen LogP contribution >= 0.6 is 23.4 Å². The number of thioether (sulfide) groups is 1. The van der Waals surface area contributed by atoms with E-state index in [0.717, 1.165) is 40.0 Å². The van der Waals surface area contributed by atoms with Crippen LogP contribution in [0.1, 0.15) is 24.6 Å². The second-order valence-electron chi connectivity index (χ2n) is 4.94. The van der Waals surface area contributed by atoms with Gasteiger partial charge < -0.3 is 0 Å². The summed E-state index contributed by atoms with van der Waals surface area (Å²) in [7, 11) is 0. The third kappa shape index (κ3) is 3.18. The fourth-order valence-electron chi connectivity index (χ4n) is 2.28. The summed E-state index contributed by atoms with van der Waals surface area (Å²) in [6.07, 6.45) is 1.76. The molecule has 0 aliphatic rings. The standard InChI is InChI=1S/C15H15ClN4OS/c1-2-4-12-8-13(21)17-14-18-19-15(20(12)14)22-9-10-5-3-6-11(16)7-10/h3,5-8H,2,4,9H2,1H3,(H,17,18,21). The Morgan fingerprint density at radius 1 is 1.32 bits per heavy atom. The Bertz CT molecular complexity index is 858. The zero-order valence-electron chi connectivity index (χ0n) is 12.0. The maximum Gasteiger partial charge on any atom is 0.252 e. The predicted octanol–water partition coefficient (Wildman–Crippen LogP) is 3.32. The first-order valence-electron chi connectivity index (χ1n) is 7.02. The van der Waals surface area contributed by atoms with Crippen LogP contribution in [0.15, 0.2) is 40.3 Å². The number of aromatic nitrogens is 4. The van der Waals surface area contributed by atoms with Gasteiger partial charge in [-0.25, -0.2) is 0 Å². The molecule has 0 unspecified atom stereocenters. The van der Waals surface area contributed by atoms with Gasteiger partial charge in [-0.15, -0.1) is 10.2 Å². The summed E-state index contributed by atoms with van der Waals surface area (Å²) in [6.45, 7) is 2.08. The molecule has 0 aliphatic carbocycles. The lowest BCUT2D eigenvalue weighted by molar-refractivity contribution is 0.800. The summed E-state index contributed by atoms with van der Waals surface area (Å²) in [5.41, 5.74) is 1.91. The van der Waals surface area contributed by atoms with Crippen LogP contribution in [0.4, 0.5) is 0 Å². The molecule has 0 amide bonds. The summed E-state index contributed by atoms with van der Waals surface area (Å²) < 4.78 is 1.92. The van der Waals surface area contributed by atoms with Gasteiger partial charge in [0.25, 0.3) is 5.56 Å². The Labute approximate surface area is 136 Å². The third-order valence-electron chi connectivity index (χ3n) is 3.22. The summed E-state index contributed by atoms with van der Waals surface area (Å²) in [5.74, 6) is 1.23. The van der Waals surface area contributed by atoms with Gasteiger partial charge in [-0.2, -0.15) is 0 Å². The summed E-state index contributed by atoms with van der Waals surface area (Å²) in [5, 5.41) is 9.75. The van der Waals surface area contributed by atoms with Crippen LogP contribution in [0.2, 0.25) is 5.02 Å². The Morgan fingerprint density at radius 3 is 2.95 bits per heavy atom. The second kappa shape index (κ2) is 6.54. The van der Waals surface area contributed by atoms with Crippen molar-refractivity contribution in [1.29, 1.82) is 0 Å². The van der Waals surface area contributed by atoms with Crippen LogP contribution in [0.3, 0.4) is 0 Å². The average molecular weight is 335 g/mol. The highest BCUT2D eigenvalue weighted by molar-refractivity contribution is 7.98. The van der Waals surface area contributed by atoms with Crippen LogP contribution in [-0.4, -0.2) is 19.6 Å².